The predicted octanol–water partition coefficient (Wildman–Crippen LogP) is 3.44. The molecule has 2 heteroatoms. The van der Waals surface area contributed by atoms with Crippen molar-refractivity contribution < 1.29 is 0 Å². The van der Waals surface area contributed by atoms with E-state index in [-0.39, 0.29) is 5.54 Å². The zero-order valence-electron chi connectivity index (χ0n) is 12.4. The van der Waals surface area contributed by atoms with Crippen LogP contribution < -0.4 is 5.32 Å². The van der Waals surface area contributed by atoms with Crippen molar-refractivity contribution in [1.82, 2.24) is 10.2 Å². The SMILES string of the molecule is C=CCN(CCC)CCCCCNC(C)(C)C. The van der Waals surface area contributed by atoms with Gasteiger partial charge in [-0.25, -0.2) is 0 Å². The molecule has 0 aromatic heterocycles. The topological polar surface area (TPSA) is 15.3 Å². The normalized spacial score (nSPS) is 12.1. The third-order valence-electron chi connectivity index (χ3n) is 2.73. The first kappa shape index (κ1) is 16.7. The van der Waals surface area contributed by atoms with Crippen molar-refractivity contribution in [3.8, 4) is 0 Å². The molecule has 17 heavy (non-hydrogen) atoms. The van der Waals surface area contributed by atoms with E-state index < -0.39 is 0 Å². The first-order chi connectivity index (χ1) is 7.99. The maximum atomic E-state index is 3.82. The molecule has 0 bridgehead atoms. The lowest BCUT2D eigenvalue weighted by molar-refractivity contribution is 0.294. The lowest BCUT2D eigenvalue weighted by atomic mass is 10.1. The zero-order chi connectivity index (χ0) is 13.1. The highest BCUT2D eigenvalue weighted by molar-refractivity contribution is 4.73. The second-order valence-corrected chi connectivity index (χ2v) is 5.83. The molecule has 0 fully saturated rings. The first-order valence-corrected chi connectivity index (χ1v) is 7.08. The number of nitrogens with zero attached hydrogens (tertiary/aromatic N) is 1. The number of hydrogen-bond donors (Lipinski definition) is 1. The Morgan fingerprint density at radius 1 is 1.12 bits per heavy atom. The van der Waals surface area contributed by atoms with Gasteiger partial charge in [0.2, 0.25) is 0 Å². The maximum Gasteiger partial charge on any atom is 0.0160 e. The van der Waals surface area contributed by atoms with Crippen molar-refractivity contribution in [3.05, 3.63) is 12.7 Å². The zero-order valence-corrected chi connectivity index (χ0v) is 12.4. The molecule has 0 atom stereocenters. The molecule has 0 rings (SSSR count). The molecule has 0 amide bonds. The minimum atomic E-state index is 0.261. The Balaban J connectivity index is 3.44. The molecular weight excluding hydrogens is 208 g/mol. The van der Waals surface area contributed by atoms with Crippen LogP contribution >= 0.6 is 0 Å². The van der Waals surface area contributed by atoms with E-state index in [9.17, 15) is 0 Å². The fraction of sp³-hybridized carbons (Fsp3) is 0.867. The molecule has 0 aliphatic heterocycles. The smallest absolute Gasteiger partial charge is 0.0160 e. The Bertz CT molecular complexity index is 182. The van der Waals surface area contributed by atoms with E-state index in [0.717, 1.165) is 13.1 Å². The van der Waals surface area contributed by atoms with Crippen LogP contribution in [0.15, 0.2) is 12.7 Å². The van der Waals surface area contributed by atoms with E-state index in [2.05, 4.69) is 44.5 Å². The molecule has 102 valence electrons. The molecule has 2 nitrogen and oxygen atoms in total. The summed E-state index contributed by atoms with van der Waals surface area (Å²) >= 11 is 0. The standard InChI is InChI=1S/C15H32N2/c1-6-12-17(13-7-2)14-10-8-9-11-16-15(3,4)5/h6,16H,1,7-14H2,2-5H3. The van der Waals surface area contributed by atoms with Crippen LogP contribution in [0.2, 0.25) is 0 Å². The van der Waals surface area contributed by atoms with Crippen molar-refractivity contribution in [2.75, 3.05) is 26.2 Å². The maximum absolute atomic E-state index is 3.82. The molecule has 0 heterocycles. The molecule has 0 radical (unpaired) electrons. The monoisotopic (exact) mass is 240 g/mol. The molecule has 0 aliphatic carbocycles. The fourth-order valence-corrected chi connectivity index (χ4v) is 1.89. The molecule has 0 saturated heterocycles. The second kappa shape index (κ2) is 9.67. The lowest BCUT2D eigenvalue weighted by Gasteiger charge is -2.21. The van der Waals surface area contributed by atoms with Gasteiger partial charge < -0.3 is 5.32 Å². The Kier molecular flexibility index (Phi) is 9.47. The van der Waals surface area contributed by atoms with Gasteiger partial charge >= 0.3 is 0 Å². The summed E-state index contributed by atoms with van der Waals surface area (Å²) in [6, 6.07) is 0. The molecule has 0 aromatic carbocycles. The van der Waals surface area contributed by atoms with Crippen molar-refractivity contribution in [3.63, 3.8) is 0 Å². The minimum absolute atomic E-state index is 0.261. The van der Waals surface area contributed by atoms with Gasteiger partial charge in [-0.3, -0.25) is 4.90 Å². The van der Waals surface area contributed by atoms with E-state index in [1.54, 1.807) is 0 Å². The summed E-state index contributed by atoms with van der Waals surface area (Å²) in [5.41, 5.74) is 0.261. The highest BCUT2D eigenvalue weighted by Gasteiger charge is 2.07. The Morgan fingerprint density at radius 3 is 2.35 bits per heavy atom. The van der Waals surface area contributed by atoms with Crippen LogP contribution in [0.25, 0.3) is 0 Å². The van der Waals surface area contributed by atoms with Crippen molar-refractivity contribution in [1.29, 1.82) is 0 Å². The summed E-state index contributed by atoms with van der Waals surface area (Å²) in [5.74, 6) is 0. The van der Waals surface area contributed by atoms with Crippen molar-refractivity contribution in [2.45, 2.75) is 58.9 Å². The van der Waals surface area contributed by atoms with Gasteiger partial charge in [-0.2, -0.15) is 0 Å². The van der Waals surface area contributed by atoms with Gasteiger partial charge in [0.1, 0.15) is 0 Å². The largest absolute Gasteiger partial charge is 0.312 e. The van der Waals surface area contributed by atoms with Gasteiger partial charge in [-0.15, -0.1) is 6.58 Å². The van der Waals surface area contributed by atoms with Gasteiger partial charge in [-0.05, 0) is 59.7 Å². The summed E-state index contributed by atoms with van der Waals surface area (Å²) in [5, 5.41) is 3.53. The van der Waals surface area contributed by atoms with Crippen molar-refractivity contribution >= 4 is 0 Å². The number of hydrogen-bond acceptors (Lipinski definition) is 2. The molecule has 0 spiro atoms. The van der Waals surface area contributed by atoms with Crippen molar-refractivity contribution in [2.24, 2.45) is 0 Å². The van der Waals surface area contributed by atoms with E-state index in [4.69, 9.17) is 0 Å². The molecular formula is C15H32N2. The molecule has 0 aromatic rings. The second-order valence-electron chi connectivity index (χ2n) is 5.83. The minimum Gasteiger partial charge on any atom is -0.312 e. The van der Waals surface area contributed by atoms with Gasteiger partial charge in [0.15, 0.2) is 0 Å². The van der Waals surface area contributed by atoms with Gasteiger partial charge in [0.25, 0.3) is 0 Å². The third kappa shape index (κ3) is 11.9. The summed E-state index contributed by atoms with van der Waals surface area (Å²) < 4.78 is 0. The van der Waals surface area contributed by atoms with Crippen LogP contribution in [0.3, 0.4) is 0 Å². The summed E-state index contributed by atoms with van der Waals surface area (Å²) in [4.78, 5) is 2.49. The first-order valence-electron chi connectivity index (χ1n) is 7.08. The Morgan fingerprint density at radius 2 is 1.82 bits per heavy atom. The van der Waals surface area contributed by atoms with Crippen LogP contribution in [0, 0.1) is 0 Å². The summed E-state index contributed by atoms with van der Waals surface area (Å²) in [6.45, 7) is 17.3. The number of rotatable bonds is 10. The molecule has 0 saturated carbocycles. The van der Waals surface area contributed by atoms with Crippen LogP contribution in [-0.2, 0) is 0 Å². The molecule has 1 N–H and O–H groups in total. The van der Waals surface area contributed by atoms with Gasteiger partial charge in [0.05, 0.1) is 0 Å². The van der Waals surface area contributed by atoms with Crippen LogP contribution in [0.5, 0.6) is 0 Å². The lowest BCUT2D eigenvalue weighted by Crippen LogP contribution is -2.36. The summed E-state index contributed by atoms with van der Waals surface area (Å²) in [7, 11) is 0. The van der Waals surface area contributed by atoms with E-state index in [0.29, 0.717) is 0 Å². The third-order valence-corrected chi connectivity index (χ3v) is 2.73. The fourth-order valence-electron chi connectivity index (χ4n) is 1.89. The van der Waals surface area contributed by atoms with E-state index in [1.807, 2.05) is 6.08 Å². The van der Waals surface area contributed by atoms with Gasteiger partial charge in [-0.1, -0.05) is 19.4 Å². The van der Waals surface area contributed by atoms with Crippen LogP contribution in [0.4, 0.5) is 0 Å². The Labute approximate surface area is 108 Å². The quantitative estimate of drug-likeness (QED) is 0.465. The van der Waals surface area contributed by atoms with E-state index in [1.165, 1.54) is 38.8 Å². The number of unbranched alkanes of at least 4 members (excludes halogenated alkanes) is 2. The van der Waals surface area contributed by atoms with Crippen LogP contribution in [0.1, 0.15) is 53.4 Å². The van der Waals surface area contributed by atoms with Gasteiger partial charge in [0, 0.05) is 12.1 Å². The average Bonchev–Trinajstić information content (AvgIpc) is 2.22. The average molecular weight is 240 g/mol. The van der Waals surface area contributed by atoms with E-state index >= 15 is 0 Å². The highest BCUT2D eigenvalue weighted by Crippen LogP contribution is 2.02. The predicted molar refractivity (Wildman–Crippen MR) is 78.5 cm³/mol. The molecule has 0 unspecified atom stereocenters. The Hall–Kier alpha value is -0.340. The number of nitrogens with one attached hydrogen (secondary N) is 1. The summed E-state index contributed by atoms with van der Waals surface area (Å²) in [6.07, 6.45) is 7.15. The van der Waals surface area contributed by atoms with Crippen LogP contribution in [-0.4, -0.2) is 36.6 Å². The highest BCUT2D eigenvalue weighted by atomic mass is 15.1. The molecule has 0 aliphatic rings.